The zero-order valence-electron chi connectivity index (χ0n) is 11.0. The highest BCUT2D eigenvalue weighted by atomic mass is 16.5. The van der Waals surface area contributed by atoms with E-state index in [-0.39, 0.29) is 18.0 Å². The Bertz CT molecular complexity index is 397. The molecule has 2 atom stereocenters. The second kappa shape index (κ2) is 7.11. The van der Waals surface area contributed by atoms with Gasteiger partial charge in [0.25, 0.3) is 0 Å². The van der Waals surface area contributed by atoms with Gasteiger partial charge in [-0.2, -0.15) is 0 Å². The first-order valence-corrected chi connectivity index (χ1v) is 6.70. The Morgan fingerprint density at radius 1 is 1.42 bits per heavy atom. The number of benzene rings is 1. The van der Waals surface area contributed by atoms with Gasteiger partial charge in [-0.05, 0) is 25.0 Å². The number of carbonyl (C=O) groups is 1. The largest absolute Gasteiger partial charge is 0.494 e. The van der Waals surface area contributed by atoms with Crippen LogP contribution in [-0.4, -0.2) is 37.7 Å². The first-order valence-electron chi connectivity index (χ1n) is 6.70. The first-order chi connectivity index (χ1) is 9.25. The molecule has 0 aromatic heterocycles. The van der Waals surface area contributed by atoms with E-state index in [1.807, 2.05) is 30.3 Å². The lowest BCUT2D eigenvalue weighted by Gasteiger charge is -2.11. The Balaban J connectivity index is 1.56. The van der Waals surface area contributed by atoms with Gasteiger partial charge in [-0.25, -0.2) is 0 Å². The summed E-state index contributed by atoms with van der Waals surface area (Å²) in [5.41, 5.74) is 5.74. The van der Waals surface area contributed by atoms with Crippen LogP contribution in [0.5, 0.6) is 5.75 Å². The van der Waals surface area contributed by atoms with Crippen LogP contribution in [0.3, 0.4) is 0 Å². The Hall–Kier alpha value is -1.59. The fourth-order valence-electron chi connectivity index (χ4n) is 2.08. The molecular weight excluding hydrogens is 242 g/mol. The molecule has 5 heteroatoms. The molecule has 19 heavy (non-hydrogen) atoms. The van der Waals surface area contributed by atoms with Gasteiger partial charge in [0.15, 0.2) is 0 Å². The number of rotatable bonds is 6. The van der Waals surface area contributed by atoms with Crippen molar-refractivity contribution in [1.29, 1.82) is 0 Å². The molecule has 4 N–H and O–H groups in total. The lowest BCUT2D eigenvalue weighted by Crippen LogP contribution is -2.40. The number of carbonyl (C=O) groups excluding carboxylic acids is 1. The third-order valence-electron chi connectivity index (χ3n) is 3.11. The van der Waals surface area contributed by atoms with Crippen molar-refractivity contribution in [3.8, 4) is 5.75 Å². The van der Waals surface area contributed by atoms with E-state index < -0.39 is 0 Å². The van der Waals surface area contributed by atoms with Crippen molar-refractivity contribution in [2.24, 2.45) is 5.73 Å². The summed E-state index contributed by atoms with van der Waals surface area (Å²) in [5, 5.41) is 6.00. The Morgan fingerprint density at radius 2 is 2.21 bits per heavy atom. The zero-order valence-corrected chi connectivity index (χ0v) is 11.0. The maximum Gasteiger partial charge on any atom is 0.237 e. The fourth-order valence-corrected chi connectivity index (χ4v) is 2.08. The average Bonchev–Trinajstić information content (AvgIpc) is 2.86. The van der Waals surface area contributed by atoms with Crippen molar-refractivity contribution < 1.29 is 9.53 Å². The molecule has 0 bridgehead atoms. The lowest BCUT2D eigenvalue weighted by atomic mass is 10.2. The number of ether oxygens (including phenoxy) is 1. The van der Waals surface area contributed by atoms with E-state index in [9.17, 15) is 4.79 Å². The Labute approximate surface area is 113 Å². The van der Waals surface area contributed by atoms with Crippen LogP contribution in [0.2, 0.25) is 0 Å². The highest BCUT2D eigenvalue weighted by molar-refractivity contribution is 5.82. The SMILES string of the molecule is N[C@@H]1CN[C@H](C(=O)NCCCOc2ccccc2)C1. The number of para-hydroxylation sites is 1. The number of nitrogens with two attached hydrogens (primary N) is 1. The van der Waals surface area contributed by atoms with Gasteiger partial charge < -0.3 is 21.1 Å². The van der Waals surface area contributed by atoms with Gasteiger partial charge >= 0.3 is 0 Å². The van der Waals surface area contributed by atoms with Gasteiger partial charge in [0, 0.05) is 19.1 Å². The minimum Gasteiger partial charge on any atom is -0.494 e. The maximum atomic E-state index is 11.8. The quantitative estimate of drug-likeness (QED) is 0.644. The fraction of sp³-hybridized carbons (Fsp3) is 0.500. The molecule has 0 unspecified atom stereocenters. The van der Waals surface area contributed by atoms with Gasteiger partial charge in [0.2, 0.25) is 5.91 Å². The minimum atomic E-state index is -0.134. The molecule has 0 saturated carbocycles. The maximum absolute atomic E-state index is 11.8. The zero-order chi connectivity index (χ0) is 13.5. The normalized spacial score (nSPS) is 22.2. The van der Waals surface area contributed by atoms with Crippen LogP contribution in [0.25, 0.3) is 0 Å². The highest BCUT2D eigenvalue weighted by Crippen LogP contribution is 2.08. The molecule has 2 rings (SSSR count). The second-order valence-corrected chi connectivity index (χ2v) is 4.76. The summed E-state index contributed by atoms with van der Waals surface area (Å²) in [6.07, 6.45) is 1.51. The average molecular weight is 263 g/mol. The Morgan fingerprint density at radius 3 is 2.89 bits per heavy atom. The molecule has 1 aromatic rings. The topological polar surface area (TPSA) is 76.4 Å². The summed E-state index contributed by atoms with van der Waals surface area (Å²) in [6.45, 7) is 1.94. The molecule has 1 heterocycles. The molecule has 5 nitrogen and oxygen atoms in total. The molecule has 1 aromatic carbocycles. The molecule has 0 spiro atoms. The van der Waals surface area contributed by atoms with Gasteiger partial charge in [-0.15, -0.1) is 0 Å². The molecule has 1 aliphatic rings. The number of hydrogen-bond acceptors (Lipinski definition) is 4. The highest BCUT2D eigenvalue weighted by Gasteiger charge is 2.26. The van der Waals surface area contributed by atoms with E-state index in [2.05, 4.69) is 10.6 Å². The molecule has 1 aliphatic heterocycles. The van der Waals surface area contributed by atoms with E-state index in [1.165, 1.54) is 0 Å². The number of amides is 1. The van der Waals surface area contributed by atoms with Crippen molar-refractivity contribution in [2.45, 2.75) is 24.9 Å². The predicted octanol–water partition coefficient (Wildman–Crippen LogP) is 0.261. The van der Waals surface area contributed by atoms with E-state index in [0.29, 0.717) is 19.6 Å². The van der Waals surface area contributed by atoms with Crippen molar-refractivity contribution in [3.63, 3.8) is 0 Å². The monoisotopic (exact) mass is 263 g/mol. The van der Waals surface area contributed by atoms with Crippen molar-refractivity contribution in [2.75, 3.05) is 19.7 Å². The van der Waals surface area contributed by atoms with Crippen LogP contribution in [0.15, 0.2) is 30.3 Å². The van der Waals surface area contributed by atoms with Gasteiger partial charge in [-0.1, -0.05) is 18.2 Å². The van der Waals surface area contributed by atoms with Crippen LogP contribution < -0.4 is 21.1 Å². The van der Waals surface area contributed by atoms with Crippen LogP contribution in [0, 0.1) is 0 Å². The van der Waals surface area contributed by atoms with Gasteiger partial charge in [0.05, 0.1) is 12.6 Å². The van der Waals surface area contributed by atoms with E-state index in [1.54, 1.807) is 0 Å². The molecule has 1 amide bonds. The minimum absolute atomic E-state index is 0.0349. The smallest absolute Gasteiger partial charge is 0.237 e. The Kier molecular flexibility index (Phi) is 5.18. The number of hydrogen-bond donors (Lipinski definition) is 3. The van der Waals surface area contributed by atoms with Crippen LogP contribution in [0.4, 0.5) is 0 Å². The molecule has 1 fully saturated rings. The standard InChI is InChI=1S/C14H21N3O2/c15-11-9-13(17-10-11)14(18)16-7-4-8-19-12-5-2-1-3-6-12/h1-3,5-6,11,13,17H,4,7-10,15H2,(H,16,18)/t11-,13-/m0/s1. The summed E-state index contributed by atoms with van der Waals surface area (Å²) in [4.78, 5) is 11.8. The predicted molar refractivity (Wildman–Crippen MR) is 73.9 cm³/mol. The summed E-state index contributed by atoms with van der Waals surface area (Å²) >= 11 is 0. The van der Waals surface area contributed by atoms with Crippen LogP contribution in [0.1, 0.15) is 12.8 Å². The van der Waals surface area contributed by atoms with Crippen LogP contribution >= 0.6 is 0 Å². The first kappa shape index (κ1) is 13.8. The van der Waals surface area contributed by atoms with E-state index in [0.717, 1.165) is 18.7 Å². The summed E-state index contributed by atoms with van der Waals surface area (Å²) in [5.74, 6) is 0.893. The van der Waals surface area contributed by atoms with E-state index >= 15 is 0 Å². The molecule has 0 radical (unpaired) electrons. The molecule has 0 aliphatic carbocycles. The van der Waals surface area contributed by atoms with Crippen molar-refractivity contribution in [1.82, 2.24) is 10.6 Å². The van der Waals surface area contributed by atoms with Gasteiger partial charge in [0.1, 0.15) is 5.75 Å². The van der Waals surface area contributed by atoms with Crippen molar-refractivity contribution in [3.05, 3.63) is 30.3 Å². The van der Waals surface area contributed by atoms with Crippen molar-refractivity contribution >= 4 is 5.91 Å². The second-order valence-electron chi connectivity index (χ2n) is 4.76. The molecule has 1 saturated heterocycles. The number of nitrogens with one attached hydrogen (secondary N) is 2. The third-order valence-corrected chi connectivity index (χ3v) is 3.11. The van der Waals surface area contributed by atoms with Crippen LogP contribution in [-0.2, 0) is 4.79 Å². The van der Waals surface area contributed by atoms with E-state index in [4.69, 9.17) is 10.5 Å². The summed E-state index contributed by atoms with van der Waals surface area (Å²) in [7, 11) is 0. The van der Waals surface area contributed by atoms with Gasteiger partial charge in [-0.3, -0.25) is 4.79 Å². The summed E-state index contributed by atoms with van der Waals surface area (Å²) in [6, 6.07) is 9.62. The third kappa shape index (κ3) is 4.54. The lowest BCUT2D eigenvalue weighted by molar-refractivity contribution is -0.122. The molecular formula is C14H21N3O2. The molecule has 104 valence electrons. The summed E-state index contributed by atoms with van der Waals surface area (Å²) < 4.78 is 5.54.